The summed E-state index contributed by atoms with van der Waals surface area (Å²) in [7, 11) is 1.83. The highest BCUT2D eigenvalue weighted by molar-refractivity contribution is 7.18. The van der Waals surface area contributed by atoms with Crippen LogP contribution in [0.15, 0.2) is 12.1 Å². The maximum atomic E-state index is 4.60. The molecule has 0 saturated heterocycles. The summed E-state index contributed by atoms with van der Waals surface area (Å²) in [6.45, 7) is 6.19. The number of nitrogens with one attached hydrogen (secondary N) is 1. The maximum Gasteiger partial charge on any atom is 0.225 e. The second-order valence-electron chi connectivity index (χ2n) is 4.74. The summed E-state index contributed by atoms with van der Waals surface area (Å²) in [5.74, 6) is 1.48. The van der Waals surface area contributed by atoms with Gasteiger partial charge in [0.25, 0.3) is 0 Å². The third-order valence-electron chi connectivity index (χ3n) is 3.21. The second-order valence-corrected chi connectivity index (χ2v) is 5.86. The van der Waals surface area contributed by atoms with Gasteiger partial charge >= 0.3 is 0 Å². The van der Waals surface area contributed by atoms with Gasteiger partial charge in [-0.15, -0.1) is 11.3 Å². The van der Waals surface area contributed by atoms with E-state index in [1.807, 2.05) is 25.6 Å². The van der Waals surface area contributed by atoms with E-state index in [0.29, 0.717) is 5.95 Å². The Labute approximate surface area is 121 Å². The van der Waals surface area contributed by atoms with Crippen molar-refractivity contribution in [3.8, 4) is 5.82 Å². The van der Waals surface area contributed by atoms with E-state index in [4.69, 9.17) is 0 Å². The lowest BCUT2D eigenvalue weighted by Gasteiger charge is -2.07. The Morgan fingerprint density at radius 3 is 2.65 bits per heavy atom. The third-order valence-corrected chi connectivity index (χ3v) is 4.38. The summed E-state index contributed by atoms with van der Waals surface area (Å²) in [5.41, 5.74) is 2.07. The molecule has 0 aromatic carbocycles. The fraction of sp³-hybridized carbons (Fsp3) is 0.357. The van der Waals surface area contributed by atoms with Gasteiger partial charge in [-0.2, -0.15) is 10.1 Å². The zero-order valence-corrected chi connectivity index (χ0v) is 12.9. The monoisotopic (exact) mass is 287 g/mol. The average molecular weight is 287 g/mol. The van der Waals surface area contributed by atoms with Crippen molar-refractivity contribution in [2.75, 3.05) is 12.4 Å². The lowest BCUT2D eigenvalue weighted by atomic mass is 10.3. The zero-order valence-electron chi connectivity index (χ0n) is 12.1. The Morgan fingerprint density at radius 1 is 1.25 bits per heavy atom. The van der Waals surface area contributed by atoms with Gasteiger partial charge in [0.2, 0.25) is 5.95 Å². The molecule has 0 saturated carbocycles. The molecule has 6 heteroatoms. The molecule has 3 aromatic heterocycles. The number of thiophene rings is 1. The van der Waals surface area contributed by atoms with Crippen molar-refractivity contribution in [1.29, 1.82) is 0 Å². The Hall–Kier alpha value is -1.95. The van der Waals surface area contributed by atoms with Gasteiger partial charge in [-0.05, 0) is 32.4 Å². The summed E-state index contributed by atoms with van der Waals surface area (Å²) in [6.07, 6.45) is 1.01. The molecule has 0 fully saturated rings. The third kappa shape index (κ3) is 2.06. The van der Waals surface area contributed by atoms with Gasteiger partial charge in [0.15, 0.2) is 5.82 Å². The summed E-state index contributed by atoms with van der Waals surface area (Å²) in [5, 5.41) is 8.64. The largest absolute Gasteiger partial charge is 0.357 e. The molecule has 0 atom stereocenters. The van der Waals surface area contributed by atoms with Gasteiger partial charge in [0.1, 0.15) is 4.83 Å². The smallest absolute Gasteiger partial charge is 0.225 e. The number of fused-ring (bicyclic) bond motifs is 1. The van der Waals surface area contributed by atoms with Crippen molar-refractivity contribution in [2.24, 2.45) is 0 Å². The molecule has 0 aliphatic rings. The lowest BCUT2D eigenvalue weighted by Crippen LogP contribution is -2.06. The van der Waals surface area contributed by atoms with Crippen molar-refractivity contribution in [3.63, 3.8) is 0 Å². The van der Waals surface area contributed by atoms with E-state index in [2.05, 4.69) is 39.4 Å². The Bertz CT molecular complexity index is 771. The molecule has 0 bridgehead atoms. The first kappa shape index (κ1) is 13.1. The Balaban J connectivity index is 2.32. The highest BCUT2D eigenvalue weighted by Crippen LogP contribution is 2.29. The molecule has 5 nitrogen and oxygen atoms in total. The van der Waals surface area contributed by atoms with Crippen LogP contribution in [-0.4, -0.2) is 26.8 Å². The van der Waals surface area contributed by atoms with Crippen LogP contribution in [0.4, 0.5) is 5.95 Å². The second kappa shape index (κ2) is 4.86. The van der Waals surface area contributed by atoms with E-state index in [0.717, 1.165) is 33.8 Å². The molecule has 3 heterocycles. The summed E-state index contributed by atoms with van der Waals surface area (Å²) in [4.78, 5) is 11.5. The van der Waals surface area contributed by atoms with Crippen LogP contribution in [0.1, 0.15) is 23.2 Å². The predicted molar refractivity (Wildman–Crippen MR) is 82.9 cm³/mol. The van der Waals surface area contributed by atoms with E-state index in [9.17, 15) is 0 Å². The Morgan fingerprint density at radius 2 is 2.05 bits per heavy atom. The zero-order chi connectivity index (χ0) is 14.3. The van der Waals surface area contributed by atoms with Gasteiger partial charge in [-0.3, -0.25) is 0 Å². The van der Waals surface area contributed by atoms with Crippen molar-refractivity contribution in [3.05, 3.63) is 28.4 Å². The number of hydrogen-bond acceptors (Lipinski definition) is 5. The molecule has 0 aliphatic carbocycles. The summed E-state index contributed by atoms with van der Waals surface area (Å²) in [6, 6.07) is 4.23. The van der Waals surface area contributed by atoms with Crippen LogP contribution in [0.2, 0.25) is 0 Å². The van der Waals surface area contributed by atoms with Crippen LogP contribution in [0.25, 0.3) is 16.0 Å². The number of nitrogens with zero attached hydrogens (tertiary/aromatic N) is 4. The highest BCUT2D eigenvalue weighted by atomic mass is 32.1. The molecule has 3 aromatic rings. The van der Waals surface area contributed by atoms with Crippen LogP contribution >= 0.6 is 11.3 Å². The summed E-state index contributed by atoms with van der Waals surface area (Å²) < 4.78 is 1.90. The molecule has 3 rings (SSSR count). The molecule has 1 N–H and O–H groups in total. The molecule has 0 amide bonds. The number of rotatable bonds is 3. The average Bonchev–Trinajstić information content (AvgIpc) is 3.00. The first-order valence-electron chi connectivity index (χ1n) is 6.64. The minimum Gasteiger partial charge on any atom is -0.357 e. The van der Waals surface area contributed by atoms with Crippen molar-refractivity contribution >= 4 is 27.5 Å². The first-order valence-corrected chi connectivity index (χ1v) is 7.46. The lowest BCUT2D eigenvalue weighted by molar-refractivity contribution is 0.812. The molecular formula is C14H17N5S. The van der Waals surface area contributed by atoms with Crippen molar-refractivity contribution < 1.29 is 0 Å². The Kier molecular flexibility index (Phi) is 3.17. The van der Waals surface area contributed by atoms with Gasteiger partial charge in [0, 0.05) is 17.6 Å². The van der Waals surface area contributed by atoms with E-state index in [1.165, 1.54) is 4.88 Å². The van der Waals surface area contributed by atoms with Gasteiger partial charge in [-0.1, -0.05) is 6.92 Å². The van der Waals surface area contributed by atoms with Crippen LogP contribution in [0.5, 0.6) is 0 Å². The molecule has 0 spiro atoms. The highest BCUT2D eigenvalue weighted by Gasteiger charge is 2.14. The normalized spacial score (nSPS) is 11.2. The predicted octanol–water partition coefficient (Wildman–Crippen LogP) is 3.10. The van der Waals surface area contributed by atoms with Gasteiger partial charge in [0.05, 0.1) is 11.1 Å². The van der Waals surface area contributed by atoms with E-state index >= 15 is 0 Å². The van der Waals surface area contributed by atoms with E-state index in [1.54, 1.807) is 11.3 Å². The molecule has 0 unspecified atom stereocenters. The van der Waals surface area contributed by atoms with E-state index in [-0.39, 0.29) is 0 Å². The number of aryl methyl sites for hydroxylation is 3. The minimum atomic E-state index is 0.629. The van der Waals surface area contributed by atoms with E-state index < -0.39 is 0 Å². The van der Waals surface area contributed by atoms with Crippen LogP contribution in [0.3, 0.4) is 0 Å². The standard InChI is InChI=1S/C14H17N5S/c1-5-10-7-11-12(19-9(3)6-8(2)18-19)16-14(15-4)17-13(11)20-10/h6-7H,5H2,1-4H3,(H,15,16,17). The fourth-order valence-electron chi connectivity index (χ4n) is 2.25. The fourth-order valence-corrected chi connectivity index (χ4v) is 3.21. The SMILES string of the molecule is CCc1cc2c(-n3nc(C)cc3C)nc(NC)nc2s1. The minimum absolute atomic E-state index is 0.629. The maximum absolute atomic E-state index is 4.60. The number of anilines is 1. The van der Waals surface area contributed by atoms with Crippen LogP contribution in [-0.2, 0) is 6.42 Å². The quantitative estimate of drug-likeness (QED) is 0.804. The van der Waals surface area contributed by atoms with Crippen LogP contribution < -0.4 is 5.32 Å². The molecule has 104 valence electrons. The van der Waals surface area contributed by atoms with Crippen LogP contribution in [0, 0.1) is 13.8 Å². The number of aromatic nitrogens is 4. The molecule has 0 aliphatic heterocycles. The molecule has 20 heavy (non-hydrogen) atoms. The first-order chi connectivity index (χ1) is 9.62. The molecular weight excluding hydrogens is 270 g/mol. The summed E-state index contributed by atoms with van der Waals surface area (Å²) >= 11 is 1.72. The number of hydrogen-bond donors (Lipinski definition) is 1. The van der Waals surface area contributed by atoms with Crippen molar-refractivity contribution in [1.82, 2.24) is 19.7 Å². The van der Waals surface area contributed by atoms with Gasteiger partial charge in [-0.25, -0.2) is 9.67 Å². The van der Waals surface area contributed by atoms with Crippen molar-refractivity contribution in [2.45, 2.75) is 27.2 Å². The van der Waals surface area contributed by atoms with Gasteiger partial charge < -0.3 is 5.32 Å². The molecule has 0 radical (unpaired) electrons. The topological polar surface area (TPSA) is 55.6 Å².